The van der Waals surface area contributed by atoms with Crippen molar-refractivity contribution in [1.29, 1.82) is 0 Å². The molecule has 0 heterocycles. The largest absolute Gasteiger partial charge is 0.103 e. The van der Waals surface area contributed by atoms with Gasteiger partial charge in [-0.3, -0.25) is 0 Å². The van der Waals surface area contributed by atoms with Crippen molar-refractivity contribution in [3.05, 3.63) is 48.6 Å². The highest BCUT2D eigenvalue weighted by Crippen LogP contribution is 2.29. The average molecular weight is 218 g/mol. The molecule has 1 heteroatoms. The molecule has 0 spiro atoms. The molecule has 0 aliphatic heterocycles. The predicted octanol–water partition coefficient (Wildman–Crippen LogP) is 4.68. The number of hydrogen-bond acceptors (Lipinski definition) is 0. The standard InChI is InChI=1S/C14H22Si/c1-5-9-14(12-15(2,3)4)13-10-7-6-8-11-13/h5-8,10-11,14H,1,9,12H2,2-4H3. The van der Waals surface area contributed by atoms with Crippen molar-refractivity contribution in [2.75, 3.05) is 0 Å². The first-order valence-corrected chi connectivity index (χ1v) is 9.39. The van der Waals surface area contributed by atoms with Crippen LogP contribution in [0.1, 0.15) is 17.9 Å². The first kappa shape index (κ1) is 12.2. The summed E-state index contributed by atoms with van der Waals surface area (Å²) >= 11 is 0. The minimum Gasteiger partial charge on any atom is -0.103 e. The van der Waals surface area contributed by atoms with Gasteiger partial charge in [0.15, 0.2) is 0 Å². The normalized spacial score (nSPS) is 13.5. The fourth-order valence-electron chi connectivity index (χ4n) is 2.00. The molecule has 1 atom stereocenters. The summed E-state index contributed by atoms with van der Waals surface area (Å²) in [5, 5.41) is 0. The van der Waals surface area contributed by atoms with E-state index >= 15 is 0 Å². The van der Waals surface area contributed by atoms with Gasteiger partial charge in [0.05, 0.1) is 0 Å². The highest BCUT2D eigenvalue weighted by atomic mass is 28.3. The summed E-state index contributed by atoms with van der Waals surface area (Å²) in [5.41, 5.74) is 1.47. The zero-order chi connectivity index (χ0) is 11.3. The van der Waals surface area contributed by atoms with Crippen molar-refractivity contribution in [3.8, 4) is 0 Å². The van der Waals surface area contributed by atoms with Gasteiger partial charge in [-0.15, -0.1) is 6.58 Å². The van der Waals surface area contributed by atoms with E-state index in [1.54, 1.807) is 0 Å². The van der Waals surface area contributed by atoms with Gasteiger partial charge in [0, 0.05) is 8.07 Å². The van der Waals surface area contributed by atoms with Crippen LogP contribution < -0.4 is 0 Å². The smallest absolute Gasteiger partial charge is 0.0448 e. The fraction of sp³-hybridized carbons (Fsp3) is 0.429. The van der Waals surface area contributed by atoms with Gasteiger partial charge in [0.1, 0.15) is 0 Å². The summed E-state index contributed by atoms with van der Waals surface area (Å²) < 4.78 is 0. The molecule has 0 radical (unpaired) electrons. The summed E-state index contributed by atoms with van der Waals surface area (Å²) in [4.78, 5) is 0. The van der Waals surface area contributed by atoms with E-state index in [1.165, 1.54) is 11.6 Å². The summed E-state index contributed by atoms with van der Waals surface area (Å²) in [6.45, 7) is 11.2. The van der Waals surface area contributed by atoms with E-state index in [2.05, 4.69) is 62.6 Å². The monoisotopic (exact) mass is 218 g/mol. The van der Waals surface area contributed by atoms with E-state index in [0.717, 1.165) is 6.42 Å². The van der Waals surface area contributed by atoms with Crippen molar-refractivity contribution in [2.45, 2.75) is 38.0 Å². The second kappa shape index (κ2) is 5.31. The maximum Gasteiger partial charge on any atom is 0.0448 e. The van der Waals surface area contributed by atoms with Crippen LogP contribution in [0, 0.1) is 0 Å². The lowest BCUT2D eigenvalue weighted by Crippen LogP contribution is -2.22. The molecule has 0 aliphatic carbocycles. The Hall–Kier alpha value is -0.823. The Labute approximate surface area is 95.0 Å². The lowest BCUT2D eigenvalue weighted by atomic mass is 9.98. The van der Waals surface area contributed by atoms with Gasteiger partial charge in [0.2, 0.25) is 0 Å². The Morgan fingerprint density at radius 2 is 1.80 bits per heavy atom. The average Bonchev–Trinajstić information content (AvgIpc) is 2.17. The van der Waals surface area contributed by atoms with Crippen LogP contribution in [0.15, 0.2) is 43.0 Å². The minimum atomic E-state index is -0.988. The van der Waals surface area contributed by atoms with Gasteiger partial charge in [0.25, 0.3) is 0 Å². The summed E-state index contributed by atoms with van der Waals surface area (Å²) in [5.74, 6) is 0.676. The number of rotatable bonds is 5. The van der Waals surface area contributed by atoms with E-state index in [4.69, 9.17) is 0 Å². The Morgan fingerprint density at radius 3 is 2.27 bits per heavy atom. The van der Waals surface area contributed by atoms with E-state index in [1.807, 2.05) is 0 Å². The van der Waals surface area contributed by atoms with Crippen LogP contribution >= 0.6 is 0 Å². The zero-order valence-electron chi connectivity index (χ0n) is 10.2. The molecule has 1 unspecified atom stereocenters. The van der Waals surface area contributed by atoms with Crippen LogP contribution in [0.2, 0.25) is 25.7 Å². The van der Waals surface area contributed by atoms with Crippen molar-refractivity contribution < 1.29 is 0 Å². The Kier molecular flexibility index (Phi) is 4.34. The minimum absolute atomic E-state index is 0.676. The van der Waals surface area contributed by atoms with Crippen molar-refractivity contribution in [1.82, 2.24) is 0 Å². The first-order chi connectivity index (χ1) is 7.03. The van der Waals surface area contributed by atoms with Crippen LogP contribution in [0.3, 0.4) is 0 Å². The second-order valence-corrected chi connectivity index (χ2v) is 10.9. The second-order valence-electron chi connectivity index (χ2n) is 5.40. The van der Waals surface area contributed by atoms with Gasteiger partial charge >= 0.3 is 0 Å². The van der Waals surface area contributed by atoms with Crippen molar-refractivity contribution in [3.63, 3.8) is 0 Å². The van der Waals surface area contributed by atoms with Gasteiger partial charge < -0.3 is 0 Å². The van der Waals surface area contributed by atoms with E-state index in [9.17, 15) is 0 Å². The van der Waals surface area contributed by atoms with Crippen molar-refractivity contribution in [2.24, 2.45) is 0 Å². The SMILES string of the molecule is C=CCC(C[Si](C)(C)C)c1ccccc1. The lowest BCUT2D eigenvalue weighted by Gasteiger charge is -2.24. The van der Waals surface area contributed by atoms with Crippen molar-refractivity contribution >= 4 is 8.07 Å². The number of hydrogen-bond donors (Lipinski definition) is 0. The maximum atomic E-state index is 3.87. The summed E-state index contributed by atoms with van der Waals surface area (Å²) in [6.07, 6.45) is 3.16. The highest BCUT2D eigenvalue weighted by Gasteiger charge is 2.20. The van der Waals surface area contributed by atoms with Crippen LogP contribution in [-0.4, -0.2) is 8.07 Å². The molecule has 82 valence electrons. The third-order valence-corrected chi connectivity index (χ3v) is 4.30. The van der Waals surface area contributed by atoms with E-state index in [-0.39, 0.29) is 0 Å². The number of benzene rings is 1. The molecule has 0 N–H and O–H groups in total. The molecule has 0 nitrogen and oxygen atoms in total. The lowest BCUT2D eigenvalue weighted by molar-refractivity contribution is 0.766. The van der Waals surface area contributed by atoms with Gasteiger partial charge in [-0.1, -0.05) is 62.1 Å². The summed E-state index contributed by atoms with van der Waals surface area (Å²) in [7, 11) is -0.988. The third-order valence-electron chi connectivity index (χ3n) is 2.58. The molecular weight excluding hydrogens is 196 g/mol. The Balaban J connectivity index is 2.79. The van der Waals surface area contributed by atoms with Crippen LogP contribution in [-0.2, 0) is 0 Å². The van der Waals surface area contributed by atoms with Crippen LogP contribution in [0.4, 0.5) is 0 Å². The van der Waals surface area contributed by atoms with Gasteiger partial charge in [-0.2, -0.15) is 0 Å². The molecule has 0 aromatic heterocycles. The molecule has 0 aliphatic rings. The van der Waals surface area contributed by atoms with Gasteiger partial charge in [-0.05, 0) is 17.9 Å². The molecule has 0 fully saturated rings. The first-order valence-electron chi connectivity index (χ1n) is 5.69. The Bertz CT molecular complexity index is 295. The molecular formula is C14H22Si. The predicted molar refractivity (Wildman–Crippen MR) is 72.2 cm³/mol. The molecule has 1 aromatic rings. The molecule has 1 rings (SSSR count). The zero-order valence-corrected chi connectivity index (χ0v) is 11.2. The van der Waals surface area contributed by atoms with Crippen LogP contribution in [0.5, 0.6) is 0 Å². The maximum absolute atomic E-state index is 3.87. The van der Waals surface area contributed by atoms with E-state index < -0.39 is 8.07 Å². The van der Waals surface area contributed by atoms with E-state index in [0.29, 0.717) is 5.92 Å². The quantitative estimate of drug-likeness (QED) is 0.497. The highest BCUT2D eigenvalue weighted by molar-refractivity contribution is 6.76. The number of allylic oxidation sites excluding steroid dienone is 1. The summed E-state index contributed by atoms with van der Waals surface area (Å²) in [6, 6.07) is 12.2. The Morgan fingerprint density at radius 1 is 1.20 bits per heavy atom. The molecule has 0 saturated heterocycles. The van der Waals surface area contributed by atoms with Crippen LogP contribution in [0.25, 0.3) is 0 Å². The fourth-order valence-corrected chi connectivity index (χ4v) is 3.88. The molecule has 0 bridgehead atoms. The molecule has 0 amide bonds. The topological polar surface area (TPSA) is 0 Å². The molecule has 1 aromatic carbocycles. The molecule has 0 saturated carbocycles. The third kappa shape index (κ3) is 4.48. The molecule has 15 heavy (non-hydrogen) atoms. The van der Waals surface area contributed by atoms with Gasteiger partial charge in [-0.25, -0.2) is 0 Å².